The highest BCUT2D eigenvalue weighted by Crippen LogP contribution is 2.36. The minimum absolute atomic E-state index is 0.360. The van der Waals surface area contributed by atoms with Crippen molar-refractivity contribution in [2.45, 2.75) is 52.7 Å². The fourth-order valence-electron chi connectivity index (χ4n) is 2.19. The molecule has 1 fully saturated rings. The molecule has 1 saturated heterocycles. The Morgan fingerprint density at radius 2 is 1.71 bits per heavy atom. The molecule has 0 aliphatic carbocycles. The Balaban J connectivity index is 2.27. The van der Waals surface area contributed by atoms with E-state index in [1.165, 1.54) is 0 Å². The van der Waals surface area contributed by atoms with Gasteiger partial charge < -0.3 is 14.0 Å². The van der Waals surface area contributed by atoms with Gasteiger partial charge in [-0.05, 0) is 57.8 Å². The van der Waals surface area contributed by atoms with Crippen LogP contribution in [-0.2, 0) is 20.3 Å². The monoisotopic (exact) mass is 309 g/mol. The molecule has 1 aliphatic heterocycles. The van der Waals surface area contributed by atoms with Gasteiger partial charge in [-0.2, -0.15) is 0 Å². The molecule has 1 aromatic rings. The van der Waals surface area contributed by atoms with Crippen molar-refractivity contribution in [1.29, 1.82) is 0 Å². The van der Waals surface area contributed by atoms with E-state index in [4.69, 9.17) is 9.31 Å². The van der Waals surface area contributed by atoms with Gasteiger partial charge in [0.15, 0.2) is 0 Å². The van der Waals surface area contributed by atoms with Crippen molar-refractivity contribution >= 4 is 29.3 Å². The maximum absolute atomic E-state index is 11.7. The lowest BCUT2D eigenvalue weighted by molar-refractivity contribution is 0.00578. The highest BCUT2D eigenvalue weighted by atomic mass is 32.2. The standard InChI is InChI=1S/C15H24BNO3S/c1-7-21(18)17-13-9-11(2)8-12(10-13)16-19-14(3,4)15(5,6)20-16/h8-10,17H,7H2,1-6H3. The molecule has 1 aliphatic rings. The second-order valence-electron chi connectivity index (χ2n) is 6.46. The number of hydrogen-bond donors (Lipinski definition) is 1. The second-order valence-corrected chi connectivity index (χ2v) is 7.93. The van der Waals surface area contributed by atoms with Crippen molar-refractivity contribution in [2.24, 2.45) is 0 Å². The first-order valence-corrected chi connectivity index (χ1v) is 8.59. The minimum Gasteiger partial charge on any atom is -0.399 e. The number of aryl methyl sites for hydroxylation is 1. The first-order chi connectivity index (χ1) is 9.64. The summed E-state index contributed by atoms with van der Waals surface area (Å²) in [6.45, 7) is 12.0. The molecule has 1 unspecified atom stereocenters. The van der Waals surface area contributed by atoms with Crippen LogP contribution in [0.2, 0.25) is 0 Å². The number of nitrogens with one attached hydrogen (secondary N) is 1. The van der Waals surface area contributed by atoms with Gasteiger partial charge in [0.1, 0.15) is 11.0 Å². The lowest BCUT2D eigenvalue weighted by atomic mass is 9.78. The zero-order valence-corrected chi connectivity index (χ0v) is 14.5. The van der Waals surface area contributed by atoms with Crippen LogP contribution >= 0.6 is 0 Å². The van der Waals surface area contributed by atoms with Crippen LogP contribution in [0.25, 0.3) is 0 Å². The van der Waals surface area contributed by atoms with Gasteiger partial charge in [0.05, 0.1) is 11.2 Å². The van der Waals surface area contributed by atoms with E-state index in [0.29, 0.717) is 5.75 Å². The summed E-state index contributed by atoms with van der Waals surface area (Å²) >= 11 is 0. The van der Waals surface area contributed by atoms with Crippen molar-refractivity contribution in [3.63, 3.8) is 0 Å². The molecule has 0 radical (unpaired) electrons. The van der Waals surface area contributed by atoms with Crippen molar-refractivity contribution in [3.05, 3.63) is 23.8 Å². The van der Waals surface area contributed by atoms with Crippen molar-refractivity contribution in [1.82, 2.24) is 0 Å². The van der Waals surface area contributed by atoms with E-state index in [0.717, 1.165) is 16.7 Å². The maximum Gasteiger partial charge on any atom is 0.494 e. The van der Waals surface area contributed by atoms with E-state index in [9.17, 15) is 4.21 Å². The van der Waals surface area contributed by atoms with Gasteiger partial charge in [0.25, 0.3) is 0 Å². The van der Waals surface area contributed by atoms with Crippen LogP contribution in [0.5, 0.6) is 0 Å². The highest BCUT2D eigenvalue weighted by molar-refractivity contribution is 7.86. The third-order valence-electron chi connectivity index (χ3n) is 4.12. The summed E-state index contributed by atoms with van der Waals surface area (Å²) in [5.74, 6) is 0.569. The summed E-state index contributed by atoms with van der Waals surface area (Å²) in [6.07, 6.45) is 0. The molecule has 0 spiro atoms. The van der Waals surface area contributed by atoms with E-state index in [1.54, 1.807) is 0 Å². The first-order valence-electron chi connectivity index (χ1n) is 7.27. The molecular formula is C15H24BNO3S. The topological polar surface area (TPSA) is 47.6 Å². The molecular weight excluding hydrogens is 285 g/mol. The van der Waals surface area contributed by atoms with Gasteiger partial charge in [-0.25, -0.2) is 4.21 Å². The Hall–Kier alpha value is -0.845. The third kappa shape index (κ3) is 3.50. The molecule has 4 nitrogen and oxygen atoms in total. The summed E-state index contributed by atoms with van der Waals surface area (Å²) in [5.41, 5.74) is 2.14. The molecule has 6 heteroatoms. The summed E-state index contributed by atoms with van der Waals surface area (Å²) in [4.78, 5) is 0. The number of anilines is 1. The minimum atomic E-state index is -1.06. The molecule has 1 atom stereocenters. The van der Waals surface area contributed by atoms with Crippen LogP contribution in [0.1, 0.15) is 40.2 Å². The summed E-state index contributed by atoms with van der Waals surface area (Å²) in [6, 6.07) is 5.97. The van der Waals surface area contributed by atoms with Gasteiger partial charge in [0.2, 0.25) is 0 Å². The van der Waals surface area contributed by atoms with E-state index in [-0.39, 0.29) is 11.2 Å². The third-order valence-corrected chi connectivity index (χ3v) is 5.11. The molecule has 0 amide bonds. The van der Waals surface area contributed by atoms with Gasteiger partial charge in [0, 0.05) is 11.4 Å². The molecule has 1 heterocycles. The quantitative estimate of drug-likeness (QED) is 0.869. The molecule has 116 valence electrons. The largest absolute Gasteiger partial charge is 0.494 e. The SMILES string of the molecule is CCS(=O)Nc1cc(C)cc(B2OC(C)(C)C(C)(C)O2)c1. The highest BCUT2D eigenvalue weighted by Gasteiger charge is 2.51. The van der Waals surface area contributed by atoms with Gasteiger partial charge in [-0.15, -0.1) is 0 Å². The summed E-state index contributed by atoms with van der Waals surface area (Å²) < 4.78 is 26.8. The van der Waals surface area contributed by atoms with E-state index in [1.807, 2.05) is 59.7 Å². The molecule has 0 saturated carbocycles. The summed E-state index contributed by atoms with van der Waals surface area (Å²) in [7, 11) is -1.46. The van der Waals surface area contributed by atoms with Crippen LogP contribution in [0.15, 0.2) is 18.2 Å². The predicted molar refractivity (Wildman–Crippen MR) is 89.2 cm³/mol. The van der Waals surface area contributed by atoms with E-state index in [2.05, 4.69) is 4.72 Å². The van der Waals surface area contributed by atoms with E-state index < -0.39 is 18.1 Å². The smallest absolute Gasteiger partial charge is 0.399 e. The van der Waals surface area contributed by atoms with Crippen LogP contribution in [0, 0.1) is 6.92 Å². The molecule has 0 bridgehead atoms. The van der Waals surface area contributed by atoms with Crippen LogP contribution in [0.4, 0.5) is 5.69 Å². The maximum atomic E-state index is 11.7. The van der Waals surface area contributed by atoms with Gasteiger partial charge in [-0.1, -0.05) is 13.0 Å². The fourth-order valence-corrected chi connectivity index (χ4v) is 2.72. The lowest BCUT2D eigenvalue weighted by Crippen LogP contribution is -2.41. The zero-order valence-electron chi connectivity index (χ0n) is 13.6. The van der Waals surface area contributed by atoms with Crippen LogP contribution in [0.3, 0.4) is 0 Å². The average molecular weight is 309 g/mol. The Bertz CT molecular complexity index is 544. The fraction of sp³-hybridized carbons (Fsp3) is 0.600. The molecule has 21 heavy (non-hydrogen) atoms. The van der Waals surface area contributed by atoms with Crippen molar-refractivity contribution in [2.75, 3.05) is 10.5 Å². The predicted octanol–water partition coefficient (Wildman–Crippen LogP) is 2.39. The van der Waals surface area contributed by atoms with E-state index >= 15 is 0 Å². The van der Waals surface area contributed by atoms with Crippen molar-refractivity contribution < 1.29 is 13.5 Å². The molecule has 1 N–H and O–H groups in total. The molecule has 0 aromatic heterocycles. The Morgan fingerprint density at radius 3 is 2.24 bits per heavy atom. The number of hydrogen-bond acceptors (Lipinski definition) is 3. The van der Waals surface area contributed by atoms with Crippen molar-refractivity contribution in [3.8, 4) is 0 Å². The number of rotatable bonds is 4. The first kappa shape index (κ1) is 16.5. The summed E-state index contributed by atoms with van der Waals surface area (Å²) in [5, 5.41) is 0. The Morgan fingerprint density at radius 1 is 1.14 bits per heavy atom. The van der Waals surface area contributed by atoms with Gasteiger partial charge >= 0.3 is 7.12 Å². The Kier molecular flexibility index (Phi) is 4.52. The van der Waals surface area contributed by atoms with Crippen LogP contribution < -0.4 is 10.2 Å². The lowest BCUT2D eigenvalue weighted by Gasteiger charge is -2.32. The van der Waals surface area contributed by atoms with Gasteiger partial charge in [-0.3, -0.25) is 0 Å². The normalized spacial score (nSPS) is 21.3. The molecule has 1 aromatic carbocycles. The Labute approximate surface area is 130 Å². The molecule has 2 rings (SSSR count). The number of benzene rings is 1. The zero-order chi connectivity index (χ0) is 15.8. The van der Waals surface area contributed by atoms with Crippen LogP contribution in [-0.4, -0.2) is 28.3 Å². The second kappa shape index (κ2) is 5.74. The average Bonchev–Trinajstić information content (AvgIpc) is 2.57.